The Morgan fingerprint density at radius 3 is 1.92 bits per heavy atom. The van der Waals surface area contributed by atoms with Gasteiger partial charge in [-0.1, -0.05) is 13.2 Å². The second-order valence-corrected chi connectivity index (χ2v) is 2.51. The molecule has 0 rings (SSSR count). The van der Waals surface area contributed by atoms with Crippen LogP contribution in [-0.2, 0) is 9.47 Å². The van der Waals surface area contributed by atoms with Crippen LogP contribution in [0.4, 0.5) is 0 Å². The number of hydrogen-bond donors (Lipinski definition) is 0. The molecule has 0 aromatic rings. The van der Waals surface area contributed by atoms with Gasteiger partial charge in [-0.05, 0) is 26.0 Å². The lowest BCUT2D eigenvalue weighted by Gasteiger charge is -2.12. The summed E-state index contributed by atoms with van der Waals surface area (Å²) < 4.78 is 10.4. The normalized spacial score (nSPS) is 12.0. The molecular formula is C10H16O2. The molecule has 0 aliphatic heterocycles. The summed E-state index contributed by atoms with van der Waals surface area (Å²) in [5.74, 6) is 1.24. The maximum Gasteiger partial charge on any atom is 0.160 e. The van der Waals surface area contributed by atoms with Crippen LogP contribution in [0.1, 0.15) is 13.8 Å². The first-order chi connectivity index (χ1) is 5.65. The summed E-state index contributed by atoms with van der Waals surface area (Å²) in [7, 11) is 1.57. The number of allylic oxidation sites excluding steroid dienone is 2. The maximum absolute atomic E-state index is 5.41. The van der Waals surface area contributed by atoms with E-state index < -0.39 is 0 Å². The van der Waals surface area contributed by atoms with Crippen LogP contribution in [0.3, 0.4) is 0 Å². The summed E-state index contributed by atoms with van der Waals surface area (Å²) >= 11 is 0. The molecule has 0 N–H and O–H groups in total. The number of hydrogen-bond acceptors (Lipinski definition) is 2. The van der Waals surface area contributed by atoms with Gasteiger partial charge in [-0.25, -0.2) is 0 Å². The van der Waals surface area contributed by atoms with E-state index in [9.17, 15) is 0 Å². The third-order valence-corrected chi connectivity index (χ3v) is 1.20. The minimum absolute atomic E-state index is 0.114. The first kappa shape index (κ1) is 10.8. The molecule has 0 aromatic heterocycles. The predicted octanol–water partition coefficient (Wildman–Crippen LogP) is 2.64. The Morgan fingerprint density at radius 2 is 1.67 bits per heavy atom. The van der Waals surface area contributed by atoms with Crippen molar-refractivity contribution in [3.8, 4) is 0 Å². The molecule has 2 nitrogen and oxygen atoms in total. The topological polar surface area (TPSA) is 18.5 Å². The van der Waals surface area contributed by atoms with Crippen molar-refractivity contribution in [2.75, 3.05) is 7.11 Å². The van der Waals surface area contributed by atoms with E-state index in [4.69, 9.17) is 9.47 Å². The molecule has 0 unspecified atom stereocenters. The van der Waals surface area contributed by atoms with Crippen molar-refractivity contribution < 1.29 is 9.47 Å². The van der Waals surface area contributed by atoms with Crippen LogP contribution in [0, 0.1) is 0 Å². The van der Waals surface area contributed by atoms with Gasteiger partial charge in [0.25, 0.3) is 0 Å². The molecule has 0 bridgehead atoms. The molecule has 0 saturated heterocycles. The minimum atomic E-state index is 0.114. The largest absolute Gasteiger partial charge is 0.493 e. The van der Waals surface area contributed by atoms with Crippen LogP contribution < -0.4 is 0 Å². The van der Waals surface area contributed by atoms with Gasteiger partial charge in [0.2, 0.25) is 0 Å². The van der Waals surface area contributed by atoms with Gasteiger partial charge in [-0.3, -0.25) is 0 Å². The van der Waals surface area contributed by atoms with Crippen LogP contribution in [0.15, 0.2) is 36.8 Å². The lowest BCUT2D eigenvalue weighted by atomic mass is 10.3. The Morgan fingerprint density at radius 1 is 1.17 bits per heavy atom. The molecule has 0 aliphatic carbocycles. The smallest absolute Gasteiger partial charge is 0.160 e. The van der Waals surface area contributed by atoms with Crippen molar-refractivity contribution in [3.63, 3.8) is 0 Å². The molecule has 0 radical (unpaired) electrons. The summed E-state index contributed by atoms with van der Waals surface area (Å²) in [6.07, 6.45) is 3.32. The third kappa shape index (κ3) is 3.28. The van der Waals surface area contributed by atoms with Gasteiger partial charge in [0.1, 0.15) is 0 Å². The number of methoxy groups -OCH3 is 1. The highest BCUT2D eigenvalue weighted by atomic mass is 16.5. The van der Waals surface area contributed by atoms with Crippen LogP contribution in [0.5, 0.6) is 0 Å². The zero-order valence-corrected chi connectivity index (χ0v) is 7.96. The summed E-state index contributed by atoms with van der Waals surface area (Å²) in [6, 6.07) is 0. The van der Waals surface area contributed by atoms with E-state index in [2.05, 4.69) is 13.2 Å². The molecule has 0 fully saturated rings. The van der Waals surface area contributed by atoms with Gasteiger partial charge in [-0.15, -0.1) is 0 Å². The standard InChI is InChI=1S/C10H16O2/c1-6-9(11-5)10(7-2)12-8(3)4/h6-8H,1-2H2,3-5H3. The Balaban J connectivity index is 4.57. The van der Waals surface area contributed by atoms with Gasteiger partial charge in [0.05, 0.1) is 13.2 Å². The van der Waals surface area contributed by atoms with Crippen LogP contribution >= 0.6 is 0 Å². The molecule has 0 amide bonds. The number of rotatable bonds is 5. The van der Waals surface area contributed by atoms with Gasteiger partial charge in [0, 0.05) is 0 Å². The molecule has 0 heterocycles. The lowest BCUT2D eigenvalue weighted by molar-refractivity contribution is 0.140. The van der Waals surface area contributed by atoms with Gasteiger partial charge in [-0.2, -0.15) is 0 Å². The van der Waals surface area contributed by atoms with Crippen molar-refractivity contribution in [2.45, 2.75) is 20.0 Å². The van der Waals surface area contributed by atoms with Gasteiger partial charge < -0.3 is 9.47 Å². The third-order valence-electron chi connectivity index (χ3n) is 1.20. The molecule has 0 spiro atoms. The fraction of sp³-hybridized carbons (Fsp3) is 0.400. The molecule has 12 heavy (non-hydrogen) atoms. The highest BCUT2D eigenvalue weighted by Crippen LogP contribution is 2.11. The minimum Gasteiger partial charge on any atom is -0.493 e. The summed E-state index contributed by atoms with van der Waals surface area (Å²) in [5, 5.41) is 0. The Labute approximate surface area is 74.2 Å². The fourth-order valence-corrected chi connectivity index (χ4v) is 0.745. The summed E-state index contributed by atoms with van der Waals surface area (Å²) in [5.41, 5.74) is 0. The van der Waals surface area contributed by atoms with E-state index in [-0.39, 0.29) is 6.10 Å². The van der Waals surface area contributed by atoms with E-state index in [1.54, 1.807) is 19.3 Å². The Hall–Kier alpha value is -1.18. The first-order valence-electron chi connectivity index (χ1n) is 3.85. The SMILES string of the molecule is C=CC(OC)=C(C=C)OC(C)C. The number of ether oxygens (including phenoxy) is 2. The van der Waals surface area contributed by atoms with Crippen molar-refractivity contribution in [1.82, 2.24) is 0 Å². The monoisotopic (exact) mass is 168 g/mol. The second-order valence-electron chi connectivity index (χ2n) is 2.51. The molecule has 68 valence electrons. The molecule has 0 saturated carbocycles. The van der Waals surface area contributed by atoms with Crippen molar-refractivity contribution in [2.24, 2.45) is 0 Å². The van der Waals surface area contributed by atoms with E-state index >= 15 is 0 Å². The van der Waals surface area contributed by atoms with Crippen LogP contribution in [0.25, 0.3) is 0 Å². The summed E-state index contributed by atoms with van der Waals surface area (Å²) in [6.45, 7) is 11.1. The Bertz CT molecular complexity index is 190. The van der Waals surface area contributed by atoms with E-state index in [1.165, 1.54) is 0 Å². The summed E-state index contributed by atoms with van der Waals surface area (Å²) in [4.78, 5) is 0. The van der Waals surface area contributed by atoms with E-state index in [0.29, 0.717) is 11.5 Å². The van der Waals surface area contributed by atoms with Crippen LogP contribution in [0.2, 0.25) is 0 Å². The maximum atomic E-state index is 5.41. The van der Waals surface area contributed by atoms with E-state index in [0.717, 1.165) is 0 Å². The average Bonchev–Trinajstić information content (AvgIpc) is 2.04. The second kappa shape index (κ2) is 5.47. The van der Waals surface area contributed by atoms with Crippen molar-refractivity contribution in [1.29, 1.82) is 0 Å². The highest BCUT2D eigenvalue weighted by molar-refractivity contribution is 5.21. The van der Waals surface area contributed by atoms with Crippen molar-refractivity contribution in [3.05, 3.63) is 36.8 Å². The molecule has 0 aliphatic rings. The molecule has 0 aromatic carbocycles. The molecular weight excluding hydrogens is 152 g/mol. The van der Waals surface area contributed by atoms with E-state index in [1.807, 2.05) is 13.8 Å². The molecule has 2 heteroatoms. The van der Waals surface area contributed by atoms with Crippen LogP contribution in [-0.4, -0.2) is 13.2 Å². The predicted molar refractivity (Wildman–Crippen MR) is 50.7 cm³/mol. The zero-order valence-electron chi connectivity index (χ0n) is 7.96. The molecule has 0 atom stereocenters. The van der Waals surface area contributed by atoms with Gasteiger partial charge in [0.15, 0.2) is 11.5 Å². The van der Waals surface area contributed by atoms with Crippen molar-refractivity contribution >= 4 is 0 Å². The zero-order chi connectivity index (χ0) is 9.56. The average molecular weight is 168 g/mol. The first-order valence-corrected chi connectivity index (χ1v) is 3.85. The van der Waals surface area contributed by atoms with Gasteiger partial charge >= 0.3 is 0 Å². The lowest BCUT2D eigenvalue weighted by Crippen LogP contribution is -2.03. The quantitative estimate of drug-likeness (QED) is 0.464. The fourth-order valence-electron chi connectivity index (χ4n) is 0.745. The highest BCUT2D eigenvalue weighted by Gasteiger charge is 2.03. The Kier molecular flexibility index (Phi) is 4.93.